The topological polar surface area (TPSA) is 166 Å². The Labute approximate surface area is 90.6 Å². The molecule has 0 spiro atoms. The largest absolute Gasteiger partial charge is 0.478 e. The van der Waals surface area contributed by atoms with E-state index in [1.165, 1.54) is 6.92 Å². The van der Waals surface area contributed by atoms with Crippen LogP contribution in [0.5, 0.6) is 0 Å². The van der Waals surface area contributed by atoms with Gasteiger partial charge in [-0.05, 0) is 6.92 Å². The molecule has 94 valence electrons. The zero-order chi connectivity index (χ0) is 13.8. The van der Waals surface area contributed by atoms with Gasteiger partial charge in [0, 0.05) is 12.2 Å². The highest BCUT2D eigenvalue weighted by Gasteiger charge is 1.88. The number of rotatable bonds is 2. The molecule has 0 saturated carbocycles. The van der Waals surface area contributed by atoms with E-state index in [1.54, 1.807) is 0 Å². The van der Waals surface area contributed by atoms with Crippen molar-refractivity contribution in [2.45, 2.75) is 6.92 Å². The summed E-state index contributed by atoms with van der Waals surface area (Å²) in [5, 5.41) is 15.6. The Morgan fingerprint density at radius 3 is 1.19 bits per heavy atom. The second-order valence-electron chi connectivity index (χ2n) is 1.69. The molecule has 16 heavy (non-hydrogen) atoms. The van der Waals surface area contributed by atoms with Crippen molar-refractivity contribution in [3.05, 3.63) is 12.2 Å². The normalized spacial score (nSPS) is 9.19. The van der Waals surface area contributed by atoms with Gasteiger partial charge in [-0.15, -0.1) is 0 Å². The van der Waals surface area contributed by atoms with Crippen molar-refractivity contribution in [1.29, 1.82) is 0 Å². The molecule has 0 rings (SSSR count). The molecule has 0 aromatic heterocycles. The minimum absolute atomic E-state index is 0.558. The molecular weight excluding hydrogens is 248 g/mol. The number of aldehydes is 1. The second-order valence-corrected chi connectivity index (χ2v) is 2.59. The van der Waals surface area contributed by atoms with Crippen LogP contribution in [0.2, 0.25) is 0 Å². The Bertz CT molecular complexity index is 315. The molecule has 0 unspecified atom stereocenters. The van der Waals surface area contributed by atoms with E-state index in [0.717, 1.165) is 6.29 Å². The lowest BCUT2D eigenvalue weighted by Crippen LogP contribution is -1.91. The molecular formula is C6H10O9S. The SMILES string of the molecule is CC=O.O=C(O)/C=C\C(=O)O.O=S(=O)(O)O. The molecule has 0 aromatic rings. The number of carboxylic acid groups (broad SMARTS) is 2. The van der Waals surface area contributed by atoms with Crippen molar-refractivity contribution in [2.75, 3.05) is 0 Å². The summed E-state index contributed by atoms with van der Waals surface area (Å²) in [6, 6.07) is 0. The van der Waals surface area contributed by atoms with Gasteiger partial charge in [0.15, 0.2) is 0 Å². The van der Waals surface area contributed by atoms with E-state index in [2.05, 4.69) is 0 Å². The van der Waals surface area contributed by atoms with Gasteiger partial charge in [0.25, 0.3) is 0 Å². The van der Waals surface area contributed by atoms with Crippen molar-refractivity contribution < 1.29 is 42.1 Å². The highest BCUT2D eigenvalue weighted by molar-refractivity contribution is 7.79. The Balaban J connectivity index is -0.000000181. The van der Waals surface area contributed by atoms with Crippen LogP contribution in [0, 0.1) is 0 Å². The van der Waals surface area contributed by atoms with Crippen molar-refractivity contribution >= 4 is 28.6 Å². The third kappa shape index (κ3) is 148. The third-order valence-electron chi connectivity index (χ3n) is 0.368. The lowest BCUT2D eigenvalue weighted by Gasteiger charge is -1.74. The minimum Gasteiger partial charge on any atom is -0.478 e. The predicted octanol–water partition coefficient (Wildman–Crippen LogP) is -0.736. The van der Waals surface area contributed by atoms with Gasteiger partial charge in [-0.1, -0.05) is 0 Å². The molecule has 0 aliphatic heterocycles. The number of aliphatic carboxylic acids is 2. The van der Waals surface area contributed by atoms with Crippen molar-refractivity contribution in [2.24, 2.45) is 0 Å². The maximum atomic E-state index is 9.55. The fourth-order valence-electron chi connectivity index (χ4n) is 0.143. The summed E-state index contributed by atoms with van der Waals surface area (Å²) in [4.78, 5) is 27.9. The van der Waals surface area contributed by atoms with Gasteiger partial charge in [-0.3, -0.25) is 9.11 Å². The molecule has 4 N–H and O–H groups in total. The van der Waals surface area contributed by atoms with E-state index in [1.807, 2.05) is 0 Å². The van der Waals surface area contributed by atoms with E-state index in [9.17, 15) is 9.59 Å². The highest BCUT2D eigenvalue weighted by Crippen LogP contribution is 1.70. The quantitative estimate of drug-likeness (QED) is 0.283. The third-order valence-corrected chi connectivity index (χ3v) is 0.368. The number of hydrogen-bond acceptors (Lipinski definition) is 5. The van der Waals surface area contributed by atoms with E-state index in [4.69, 9.17) is 32.5 Å². The van der Waals surface area contributed by atoms with Gasteiger partial charge in [-0.25, -0.2) is 9.59 Å². The molecule has 0 atom stereocenters. The van der Waals surface area contributed by atoms with Gasteiger partial charge in [-0.2, -0.15) is 8.42 Å². The first-order chi connectivity index (χ1) is 7.04. The van der Waals surface area contributed by atoms with Crippen LogP contribution >= 0.6 is 0 Å². The van der Waals surface area contributed by atoms with Crippen LogP contribution in [-0.2, 0) is 24.8 Å². The fraction of sp³-hybridized carbons (Fsp3) is 0.167. The summed E-state index contributed by atoms with van der Waals surface area (Å²) < 4.78 is 31.6. The first kappa shape index (κ1) is 19.7. The van der Waals surface area contributed by atoms with Crippen LogP contribution in [0.3, 0.4) is 0 Å². The average Bonchev–Trinajstić information content (AvgIpc) is 1.99. The lowest BCUT2D eigenvalue weighted by atomic mass is 10.5. The predicted molar refractivity (Wildman–Crippen MR) is 50.3 cm³/mol. The van der Waals surface area contributed by atoms with E-state index in [-0.39, 0.29) is 0 Å². The zero-order valence-electron chi connectivity index (χ0n) is 7.97. The summed E-state index contributed by atoms with van der Waals surface area (Å²) in [5.41, 5.74) is 0. The van der Waals surface area contributed by atoms with Crippen molar-refractivity contribution in [3.63, 3.8) is 0 Å². The summed E-state index contributed by atoms with van der Waals surface area (Å²) >= 11 is 0. The number of carbonyl (C=O) groups is 3. The summed E-state index contributed by atoms with van der Waals surface area (Å²) in [6.07, 6.45) is 1.87. The maximum Gasteiger partial charge on any atom is 0.394 e. The number of hydrogen-bond donors (Lipinski definition) is 4. The molecule has 0 saturated heterocycles. The Morgan fingerprint density at radius 2 is 1.12 bits per heavy atom. The molecule has 0 radical (unpaired) electrons. The maximum absolute atomic E-state index is 9.55. The van der Waals surface area contributed by atoms with Crippen LogP contribution in [0.15, 0.2) is 12.2 Å². The van der Waals surface area contributed by atoms with Crippen LogP contribution in [0.25, 0.3) is 0 Å². The number of carboxylic acids is 2. The van der Waals surface area contributed by atoms with Gasteiger partial charge >= 0.3 is 22.3 Å². The van der Waals surface area contributed by atoms with Crippen molar-refractivity contribution in [3.8, 4) is 0 Å². The number of carbonyl (C=O) groups excluding carboxylic acids is 1. The molecule has 0 heterocycles. The van der Waals surface area contributed by atoms with E-state index < -0.39 is 22.3 Å². The van der Waals surface area contributed by atoms with Crippen LogP contribution < -0.4 is 0 Å². The molecule has 0 aromatic carbocycles. The van der Waals surface area contributed by atoms with Crippen LogP contribution in [0.1, 0.15) is 6.92 Å². The van der Waals surface area contributed by atoms with Gasteiger partial charge in [0.2, 0.25) is 0 Å². The molecule has 0 aliphatic rings. The van der Waals surface area contributed by atoms with Gasteiger partial charge in [0.1, 0.15) is 6.29 Å². The average molecular weight is 258 g/mol. The summed E-state index contributed by atoms with van der Waals surface area (Å²) in [6.45, 7) is 1.44. The molecule has 0 fully saturated rings. The summed E-state index contributed by atoms with van der Waals surface area (Å²) in [5.74, 6) is -2.51. The first-order valence-corrected chi connectivity index (χ1v) is 4.67. The summed E-state index contributed by atoms with van der Waals surface area (Å²) in [7, 11) is -4.67. The van der Waals surface area contributed by atoms with Crippen molar-refractivity contribution in [1.82, 2.24) is 0 Å². The molecule has 0 amide bonds. The van der Waals surface area contributed by atoms with Gasteiger partial charge < -0.3 is 15.0 Å². The van der Waals surface area contributed by atoms with Gasteiger partial charge in [0.05, 0.1) is 0 Å². The standard InChI is InChI=1S/C4H4O4.C2H4O.H2O4S/c5-3(6)1-2-4(7)8;1-2-3;1-5(2,3)4/h1-2H,(H,5,6)(H,7,8);2H,1H3;(H2,1,2,3,4)/b2-1-;;. The Kier molecular flexibility index (Phi) is 13.9. The smallest absolute Gasteiger partial charge is 0.394 e. The highest BCUT2D eigenvalue weighted by atomic mass is 32.3. The van der Waals surface area contributed by atoms with E-state index >= 15 is 0 Å². The Hall–Kier alpha value is -1.78. The molecule has 9 nitrogen and oxygen atoms in total. The molecule has 10 heteroatoms. The molecule has 0 bridgehead atoms. The first-order valence-electron chi connectivity index (χ1n) is 3.28. The van der Waals surface area contributed by atoms with E-state index in [0.29, 0.717) is 12.2 Å². The lowest BCUT2D eigenvalue weighted by molar-refractivity contribution is -0.134. The zero-order valence-corrected chi connectivity index (χ0v) is 8.79. The van der Waals surface area contributed by atoms with Crippen LogP contribution in [-0.4, -0.2) is 46.0 Å². The Morgan fingerprint density at radius 1 is 1.00 bits per heavy atom. The van der Waals surface area contributed by atoms with Crippen LogP contribution in [0.4, 0.5) is 0 Å². The monoisotopic (exact) mass is 258 g/mol. The second kappa shape index (κ2) is 11.3. The fourth-order valence-corrected chi connectivity index (χ4v) is 0.143. The molecule has 0 aliphatic carbocycles. The minimum atomic E-state index is -4.67.